The lowest BCUT2D eigenvalue weighted by atomic mass is 9.95. The van der Waals surface area contributed by atoms with Gasteiger partial charge in [-0.25, -0.2) is 0 Å². The summed E-state index contributed by atoms with van der Waals surface area (Å²) >= 11 is 0. The van der Waals surface area contributed by atoms with Gasteiger partial charge in [0.2, 0.25) is 11.8 Å². The largest absolute Gasteiger partial charge is 0.352 e. The van der Waals surface area contributed by atoms with E-state index in [1.54, 1.807) is 0 Å². The van der Waals surface area contributed by atoms with E-state index in [4.69, 9.17) is 0 Å². The molecule has 0 aromatic heterocycles. The first-order valence-electron chi connectivity index (χ1n) is 9.23. The predicted octanol–water partition coefficient (Wildman–Crippen LogP) is 0.189. The SMILES string of the molecule is O=C(CN1CCN(C(=O)C2CCNC2)CC1)NC1CCCCC1. The monoisotopic (exact) mass is 322 g/mol. The molecule has 2 aliphatic heterocycles. The van der Waals surface area contributed by atoms with Crippen molar-refractivity contribution in [3.63, 3.8) is 0 Å². The molecular weight excluding hydrogens is 292 g/mol. The summed E-state index contributed by atoms with van der Waals surface area (Å²) in [7, 11) is 0. The minimum Gasteiger partial charge on any atom is -0.352 e. The Hall–Kier alpha value is -1.14. The molecule has 0 bridgehead atoms. The molecule has 6 heteroatoms. The van der Waals surface area contributed by atoms with Gasteiger partial charge in [0.05, 0.1) is 12.5 Å². The normalized spacial score (nSPS) is 27.1. The van der Waals surface area contributed by atoms with Crippen molar-refractivity contribution in [1.82, 2.24) is 20.4 Å². The number of carbonyl (C=O) groups is 2. The van der Waals surface area contributed by atoms with Crippen LogP contribution in [0.4, 0.5) is 0 Å². The average molecular weight is 322 g/mol. The van der Waals surface area contributed by atoms with E-state index in [9.17, 15) is 9.59 Å². The topological polar surface area (TPSA) is 64.7 Å². The van der Waals surface area contributed by atoms with E-state index in [2.05, 4.69) is 15.5 Å². The quantitative estimate of drug-likeness (QED) is 0.775. The summed E-state index contributed by atoms with van der Waals surface area (Å²) in [6.07, 6.45) is 7.00. The van der Waals surface area contributed by atoms with Gasteiger partial charge in [-0.15, -0.1) is 0 Å². The molecule has 3 fully saturated rings. The fourth-order valence-electron chi connectivity index (χ4n) is 3.97. The van der Waals surface area contributed by atoms with Crippen LogP contribution in [0.2, 0.25) is 0 Å². The second kappa shape index (κ2) is 8.11. The van der Waals surface area contributed by atoms with Crippen molar-refractivity contribution in [3.8, 4) is 0 Å². The number of carbonyl (C=O) groups excluding carboxylic acids is 2. The predicted molar refractivity (Wildman–Crippen MR) is 89.0 cm³/mol. The van der Waals surface area contributed by atoms with Crippen molar-refractivity contribution in [1.29, 1.82) is 0 Å². The standard InChI is InChI=1S/C17H30N4O2/c22-16(19-15-4-2-1-3-5-15)13-20-8-10-21(11-9-20)17(23)14-6-7-18-12-14/h14-15,18H,1-13H2,(H,19,22). The van der Waals surface area contributed by atoms with Crippen LogP contribution in [0.1, 0.15) is 38.5 Å². The van der Waals surface area contributed by atoms with Crippen LogP contribution in [0, 0.1) is 5.92 Å². The van der Waals surface area contributed by atoms with E-state index in [0.29, 0.717) is 18.5 Å². The lowest BCUT2D eigenvalue weighted by molar-refractivity contribution is -0.136. The van der Waals surface area contributed by atoms with Crippen LogP contribution in [-0.2, 0) is 9.59 Å². The molecule has 2 amide bonds. The third kappa shape index (κ3) is 4.67. The molecule has 1 aliphatic carbocycles. The van der Waals surface area contributed by atoms with E-state index < -0.39 is 0 Å². The molecule has 3 rings (SSSR count). The van der Waals surface area contributed by atoms with E-state index in [1.165, 1.54) is 19.3 Å². The van der Waals surface area contributed by atoms with E-state index >= 15 is 0 Å². The highest BCUT2D eigenvalue weighted by molar-refractivity contribution is 5.80. The van der Waals surface area contributed by atoms with Crippen molar-refractivity contribution < 1.29 is 9.59 Å². The summed E-state index contributed by atoms with van der Waals surface area (Å²) in [6, 6.07) is 0.383. The fourth-order valence-corrected chi connectivity index (χ4v) is 3.97. The maximum Gasteiger partial charge on any atom is 0.234 e. The van der Waals surface area contributed by atoms with Gasteiger partial charge >= 0.3 is 0 Å². The van der Waals surface area contributed by atoms with Gasteiger partial charge in [-0.2, -0.15) is 0 Å². The molecule has 1 unspecified atom stereocenters. The van der Waals surface area contributed by atoms with Crippen molar-refractivity contribution in [3.05, 3.63) is 0 Å². The molecule has 2 saturated heterocycles. The van der Waals surface area contributed by atoms with Crippen molar-refractivity contribution in [2.45, 2.75) is 44.6 Å². The molecule has 0 radical (unpaired) electrons. The van der Waals surface area contributed by atoms with Crippen LogP contribution in [0.5, 0.6) is 0 Å². The number of amides is 2. The molecule has 130 valence electrons. The molecule has 0 aromatic carbocycles. The Bertz CT molecular complexity index is 409. The Labute approximate surface area is 139 Å². The van der Waals surface area contributed by atoms with Crippen LogP contribution >= 0.6 is 0 Å². The highest BCUT2D eigenvalue weighted by Gasteiger charge is 2.29. The first kappa shape index (κ1) is 16.7. The summed E-state index contributed by atoms with van der Waals surface area (Å²) in [5.41, 5.74) is 0. The van der Waals surface area contributed by atoms with Gasteiger partial charge in [0, 0.05) is 38.8 Å². The summed E-state index contributed by atoms with van der Waals surface area (Å²) in [4.78, 5) is 28.7. The third-order valence-electron chi connectivity index (χ3n) is 5.43. The average Bonchev–Trinajstić information content (AvgIpc) is 3.10. The van der Waals surface area contributed by atoms with Gasteiger partial charge in [-0.05, 0) is 25.8 Å². The zero-order chi connectivity index (χ0) is 16.1. The molecule has 1 atom stereocenters. The number of hydrogen-bond donors (Lipinski definition) is 2. The highest BCUT2D eigenvalue weighted by Crippen LogP contribution is 2.17. The molecule has 3 aliphatic rings. The fraction of sp³-hybridized carbons (Fsp3) is 0.882. The lowest BCUT2D eigenvalue weighted by Gasteiger charge is -2.35. The second-order valence-electron chi connectivity index (χ2n) is 7.19. The molecule has 0 aromatic rings. The number of rotatable bonds is 4. The first-order valence-corrected chi connectivity index (χ1v) is 9.23. The maximum absolute atomic E-state index is 12.4. The van der Waals surface area contributed by atoms with Crippen molar-refractivity contribution in [2.75, 3.05) is 45.8 Å². The molecule has 6 nitrogen and oxygen atoms in total. The van der Waals surface area contributed by atoms with Crippen LogP contribution in [0.15, 0.2) is 0 Å². The summed E-state index contributed by atoms with van der Waals surface area (Å²) in [5.74, 6) is 0.606. The van der Waals surface area contributed by atoms with Crippen molar-refractivity contribution >= 4 is 11.8 Å². The van der Waals surface area contributed by atoms with Crippen LogP contribution < -0.4 is 10.6 Å². The number of piperazine rings is 1. The number of hydrogen-bond acceptors (Lipinski definition) is 4. The zero-order valence-corrected chi connectivity index (χ0v) is 14.1. The van der Waals surface area contributed by atoms with Gasteiger partial charge in [0.25, 0.3) is 0 Å². The Morgan fingerprint density at radius 1 is 1.00 bits per heavy atom. The Morgan fingerprint density at radius 3 is 2.39 bits per heavy atom. The lowest BCUT2D eigenvalue weighted by Crippen LogP contribution is -2.53. The molecule has 23 heavy (non-hydrogen) atoms. The van der Waals surface area contributed by atoms with Gasteiger partial charge in [0.15, 0.2) is 0 Å². The number of nitrogens with one attached hydrogen (secondary N) is 2. The summed E-state index contributed by atoms with van der Waals surface area (Å²) < 4.78 is 0. The summed E-state index contributed by atoms with van der Waals surface area (Å²) in [6.45, 7) is 5.39. The van der Waals surface area contributed by atoms with Crippen molar-refractivity contribution in [2.24, 2.45) is 5.92 Å². The van der Waals surface area contributed by atoms with Gasteiger partial charge in [0.1, 0.15) is 0 Å². The highest BCUT2D eigenvalue weighted by atomic mass is 16.2. The van der Waals surface area contributed by atoms with E-state index in [0.717, 1.165) is 58.5 Å². The maximum atomic E-state index is 12.4. The zero-order valence-electron chi connectivity index (χ0n) is 14.1. The molecule has 2 N–H and O–H groups in total. The second-order valence-corrected chi connectivity index (χ2v) is 7.19. The van der Waals surface area contributed by atoms with Crippen LogP contribution in [0.3, 0.4) is 0 Å². The van der Waals surface area contributed by atoms with Gasteiger partial charge in [-0.1, -0.05) is 19.3 Å². The molecular formula is C17H30N4O2. The number of nitrogens with zero attached hydrogens (tertiary/aromatic N) is 2. The van der Waals surface area contributed by atoms with E-state index in [-0.39, 0.29) is 11.8 Å². The summed E-state index contributed by atoms with van der Waals surface area (Å²) in [5, 5.41) is 6.43. The molecule has 2 heterocycles. The Balaban J connectivity index is 1.36. The van der Waals surface area contributed by atoms with Crippen LogP contribution in [-0.4, -0.2) is 73.5 Å². The Morgan fingerprint density at radius 2 is 1.74 bits per heavy atom. The molecule has 1 saturated carbocycles. The molecule has 0 spiro atoms. The van der Waals surface area contributed by atoms with E-state index in [1.807, 2.05) is 4.90 Å². The van der Waals surface area contributed by atoms with Gasteiger partial charge in [-0.3, -0.25) is 14.5 Å². The minimum atomic E-state index is 0.150. The minimum absolute atomic E-state index is 0.150. The van der Waals surface area contributed by atoms with Crippen LogP contribution in [0.25, 0.3) is 0 Å². The first-order chi connectivity index (χ1) is 11.2. The van der Waals surface area contributed by atoms with Gasteiger partial charge < -0.3 is 15.5 Å². The smallest absolute Gasteiger partial charge is 0.234 e. The Kier molecular flexibility index (Phi) is 5.89. The third-order valence-corrected chi connectivity index (χ3v) is 5.43.